The molecule has 0 saturated heterocycles. The average molecular weight is 327 g/mol. The normalized spacial score (nSPS) is 13.6. The SMILES string of the molecule is COC(=O)c1ccc(N2Cc3cccc(OC)c3OCC2=O)cc1. The molecule has 124 valence electrons. The van der Waals surface area contributed by atoms with Crippen LogP contribution in [-0.2, 0) is 16.1 Å². The number of fused-ring (bicyclic) bond motifs is 1. The summed E-state index contributed by atoms with van der Waals surface area (Å²) in [5, 5.41) is 0. The molecule has 2 aromatic rings. The van der Waals surface area contributed by atoms with Gasteiger partial charge < -0.3 is 19.1 Å². The van der Waals surface area contributed by atoms with E-state index in [9.17, 15) is 9.59 Å². The van der Waals surface area contributed by atoms with Gasteiger partial charge in [0.25, 0.3) is 5.91 Å². The van der Waals surface area contributed by atoms with Gasteiger partial charge in [-0.25, -0.2) is 4.79 Å². The zero-order valence-corrected chi connectivity index (χ0v) is 13.4. The fourth-order valence-electron chi connectivity index (χ4n) is 2.61. The van der Waals surface area contributed by atoms with Crippen molar-refractivity contribution in [3.05, 3.63) is 53.6 Å². The largest absolute Gasteiger partial charge is 0.493 e. The second-order valence-corrected chi connectivity index (χ2v) is 5.26. The Bertz CT molecular complexity index is 769. The highest BCUT2D eigenvalue weighted by atomic mass is 16.5. The molecule has 0 saturated carbocycles. The smallest absolute Gasteiger partial charge is 0.337 e. The van der Waals surface area contributed by atoms with Gasteiger partial charge in [-0.05, 0) is 30.3 Å². The molecule has 1 aliphatic heterocycles. The number of esters is 1. The molecule has 0 atom stereocenters. The van der Waals surface area contributed by atoms with Crippen LogP contribution in [0.3, 0.4) is 0 Å². The molecular weight excluding hydrogens is 310 g/mol. The third kappa shape index (κ3) is 2.90. The summed E-state index contributed by atoms with van der Waals surface area (Å²) in [6, 6.07) is 12.2. The van der Waals surface area contributed by atoms with Crippen LogP contribution >= 0.6 is 0 Å². The third-order valence-corrected chi connectivity index (χ3v) is 3.85. The van der Waals surface area contributed by atoms with E-state index < -0.39 is 5.97 Å². The maximum atomic E-state index is 12.4. The number of para-hydroxylation sites is 1. The van der Waals surface area contributed by atoms with Crippen molar-refractivity contribution in [2.24, 2.45) is 0 Å². The zero-order chi connectivity index (χ0) is 17.1. The predicted molar refractivity (Wildman–Crippen MR) is 87.5 cm³/mol. The van der Waals surface area contributed by atoms with Crippen LogP contribution in [0, 0.1) is 0 Å². The number of amides is 1. The fourth-order valence-corrected chi connectivity index (χ4v) is 2.61. The van der Waals surface area contributed by atoms with Crippen molar-refractivity contribution in [1.82, 2.24) is 0 Å². The van der Waals surface area contributed by atoms with Gasteiger partial charge in [-0.2, -0.15) is 0 Å². The molecule has 1 aliphatic rings. The standard InChI is InChI=1S/C18H17NO5/c1-22-15-5-3-4-13-10-19(16(20)11-24-17(13)15)14-8-6-12(7-9-14)18(21)23-2/h3-9H,10-11H2,1-2H3. The monoisotopic (exact) mass is 327 g/mol. The topological polar surface area (TPSA) is 65.1 Å². The number of carbonyl (C=O) groups excluding carboxylic acids is 2. The van der Waals surface area contributed by atoms with E-state index in [1.54, 1.807) is 42.3 Å². The van der Waals surface area contributed by atoms with Gasteiger partial charge in [0.05, 0.1) is 26.3 Å². The highest BCUT2D eigenvalue weighted by molar-refractivity contribution is 5.96. The lowest BCUT2D eigenvalue weighted by molar-refractivity contribution is -0.120. The molecule has 0 fully saturated rings. The van der Waals surface area contributed by atoms with Crippen LogP contribution in [0.1, 0.15) is 15.9 Å². The first-order valence-corrected chi connectivity index (χ1v) is 7.41. The zero-order valence-electron chi connectivity index (χ0n) is 13.4. The van der Waals surface area contributed by atoms with Gasteiger partial charge in [-0.15, -0.1) is 0 Å². The molecule has 1 heterocycles. The van der Waals surface area contributed by atoms with E-state index in [1.807, 2.05) is 12.1 Å². The second-order valence-electron chi connectivity index (χ2n) is 5.26. The molecule has 1 amide bonds. The van der Waals surface area contributed by atoms with Crippen LogP contribution in [0.15, 0.2) is 42.5 Å². The van der Waals surface area contributed by atoms with E-state index in [0.29, 0.717) is 29.3 Å². The fraction of sp³-hybridized carbons (Fsp3) is 0.222. The van der Waals surface area contributed by atoms with Gasteiger partial charge in [-0.1, -0.05) is 12.1 Å². The summed E-state index contributed by atoms with van der Waals surface area (Å²) in [5.74, 6) is 0.603. The maximum Gasteiger partial charge on any atom is 0.337 e. The minimum absolute atomic E-state index is 0.0773. The molecule has 24 heavy (non-hydrogen) atoms. The molecule has 0 spiro atoms. The lowest BCUT2D eigenvalue weighted by Crippen LogP contribution is -2.32. The molecule has 3 rings (SSSR count). The Morgan fingerprint density at radius 3 is 2.54 bits per heavy atom. The number of hydrogen-bond donors (Lipinski definition) is 0. The molecule has 0 aromatic heterocycles. The van der Waals surface area contributed by atoms with Crippen LogP contribution in [0.4, 0.5) is 5.69 Å². The van der Waals surface area contributed by atoms with Crippen molar-refractivity contribution < 1.29 is 23.8 Å². The van der Waals surface area contributed by atoms with E-state index in [1.165, 1.54) is 7.11 Å². The number of anilines is 1. The van der Waals surface area contributed by atoms with Crippen molar-refractivity contribution in [3.8, 4) is 11.5 Å². The second kappa shape index (κ2) is 6.62. The minimum atomic E-state index is -0.415. The van der Waals surface area contributed by atoms with Gasteiger partial charge in [0.15, 0.2) is 18.1 Å². The summed E-state index contributed by atoms with van der Waals surface area (Å²) >= 11 is 0. The van der Waals surface area contributed by atoms with Gasteiger partial charge >= 0.3 is 5.97 Å². The van der Waals surface area contributed by atoms with Gasteiger partial charge in [0.2, 0.25) is 0 Å². The molecule has 6 nitrogen and oxygen atoms in total. The van der Waals surface area contributed by atoms with Crippen LogP contribution in [-0.4, -0.2) is 32.7 Å². The molecular formula is C18H17NO5. The van der Waals surface area contributed by atoms with E-state index in [2.05, 4.69) is 4.74 Å². The first-order chi connectivity index (χ1) is 11.6. The van der Waals surface area contributed by atoms with Crippen LogP contribution in [0.25, 0.3) is 0 Å². The summed E-state index contributed by atoms with van der Waals surface area (Å²) in [4.78, 5) is 25.6. The summed E-state index contributed by atoms with van der Waals surface area (Å²) < 4.78 is 15.6. The van der Waals surface area contributed by atoms with Crippen molar-refractivity contribution in [2.75, 3.05) is 25.7 Å². The van der Waals surface area contributed by atoms with Crippen LogP contribution in [0.2, 0.25) is 0 Å². The Morgan fingerprint density at radius 2 is 1.88 bits per heavy atom. The van der Waals surface area contributed by atoms with Gasteiger partial charge in [-0.3, -0.25) is 4.79 Å². The highest BCUT2D eigenvalue weighted by Gasteiger charge is 2.25. The quantitative estimate of drug-likeness (QED) is 0.810. The Morgan fingerprint density at radius 1 is 1.12 bits per heavy atom. The highest BCUT2D eigenvalue weighted by Crippen LogP contribution is 2.34. The van der Waals surface area contributed by atoms with E-state index >= 15 is 0 Å². The number of ether oxygens (including phenoxy) is 3. The Hall–Kier alpha value is -3.02. The predicted octanol–water partition coefficient (Wildman–Crippen LogP) is 2.41. The number of methoxy groups -OCH3 is 2. The van der Waals surface area contributed by atoms with Crippen LogP contribution in [0.5, 0.6) is 11.5 Å². The number of rotatable bonds is 3. The molecule has 0 bridgehead atoms. The van der Waals surface area contributed by atoms with E-state index in [-0.39, 0.29) is 12.5 Å². The minimum Gasteiger partial charge on any atom is -0.493 e. The van der Waals surface area contributed by atoms with Gasteiger partial charge in [0, 0.05) is 11.3 Å². The lowest BCUT2D eigenvalue weighted by atomic mass is 10.1. The molecule has 0 N–H and O–H groups in total. The Labute approximate surface area is 139 Å². The summed E-state index contributed by atoms with van der Waals surface area (Å²) in [7, 11) is 2.89. The first kappa shape index (κ1) is 15.9. The molecule has 2 aromatic carbocycles. The number of hydrogen-bond acceptors (Lipinski definition) is 5. The van der Waals surface area contributed by atoms with Crippen molar-refractivity contribution in [3.63, 3.8) is 0 Å². The summed E-state index contributed by atoms with van der Waals surface area (Å²) in [5.41, 5.74) is 1.98. The summed E-state index contributed by atoms with van der Waals surface area (Å²) in [6.45, 7) is 0.287. The van der Waals surface area contributed by atoms with E-state index in [4.69, 9.17) is 9.47 Å². The van der Waals surface area contributed by atoms with Crippen LogP contribution < -0.4 is 14.4 Å². The Kier molecular flexibility index (Phi) is 4.37. The average Bonchev–Trinajstić information content (AvgIpc) is 2.80. The molecule has 0 radical (unpaired) electrons. The number of carbonyl (C=O) groups is 2. The molecule has 0 aliphatic carbocycles. The number of benzene rings is 2. The summed E-state index contributed by atoms with van der Waals surface area (Å²) in [6.07, 6.45) is 0. The first-order valence-electron chi connectivity index (χ1n) is 7.41. The third-order valence-electron chi connectivity index (χ3n) is 3.85. The van der Waals surface area contributed by atoms with Crippen molar-refractivity contribution in [1.29, 1.82) is 0 Å². The van der Waals surface area contributed by atoms with Crippen molar-refractivity contribution in [2.45, 2.75) is 6.54 Å². The van der Waals surface area contributed by atoms with E-state index in [0.717, 1.165) is 5.56 Å². The van der Waals surface area contributed by atoms with Gasteiger partial charge in [0.1, 0.15) is 0 Å². The molecule has 6 heteroatoms. The lowest BCUT2D eigenvalue weighted by Gasteiger charge is -2.20. The van der Waals surface area contributed by atoms with Crippen molar-refractivity contribution >= 4 is 17.6 Å². The number of nitrogens with zero attached hydrogens (tertiary/aromatic N) is 1. The Balaban J connectivity index is 1.92. The molecule has 0 unspecified atom stereocenters. The maximum absolute atomic E-state index is 12.4.